The van der Waals surface area contributed by atoms with Crippen LogP contribution < -0.4 is 4.31 Å². The first-order chi connectivity index (χ1) is 15.8. The van der Waals surface area contributed by atoms with E-state index in [1.807, 2.05) is 55.5 Å². The van der Waals surface area contributed by atoms with Gasteiger partial charge in [-0.25, -0.2) is 12.7 Å². The summed E-state index contributed by atoms with van der Waals surface area (Å²) in [7, 11) is -4.05. The summed E-state index contributed by atoms with van der Waals surface area (Å²) in [6.45, 7) is 1.91. The highest BCUT2D eigenvalue weighted by molar-refractivity contribution is 9.10. The highest BCUT2D eigenvalue weighted by atomic mass is 79.9. The summed E-state index contributed by atoms with van der Waals surface area (Å²) in [5.74, 6) is -0.176. The average molecular weight is 518 g/mol. The van der Waals surface area contributed by atoms with Gasteiger partial charge in [0.25, 0.3) is 10.0 Å². The lowest BCUT2D eigenvalue weighted by atomic mass is 9.74. The predicted octanol–water partition coefficient (Wildman–Crippen LogP) is 5.94. The van der Waals surface area contributed by atoms with Crippen molar-refractivity contribution in [3.8, 4) is 0 Å². The van der Waals surface area contributed by atoms with E-state index in [1.165, 1.54) is 10.4 Å². The summed E-state index contributed by atoms with van der Waals surface area (Å²) in [5, 5.41) is 0. The standard InChI is InChI=1S/C27H20BrNO3S/c1-19-7-6-9-22(17-19)29(33(31,32)23-14-12-21(28)13-15-23)25-18-20-8-2-3-10-24(20)27(25)16-5-4-11-26(27)30/h2-18H,1H3/t27-/m1/s1. The topological polar surface area (TPSA) is 54.5 Å². The van der Waals surface area contributed by atoms with Crippen LogP contribution in [0, 0.1) is 6.92 Å². The molecule has 1 spiro atoms. The summed E-state index contributed by atoms with van der Waals surface area (Å²) in [6.07, 6.45) is 8.61. The van der Waals surface area contributed by atoms with Crippen LogP contribution >= 0.6 is 15.9 Å². The molecule has 0 aromatic heterocycles. The zero-order valence-corrected chi connectivity index (χ0v) is 20.2. The lowest BCUT2D eigenvalue weighted by molar-refractivity contribution is -0.117. The number of carbonyl (C=O) groups is 1. The van der Waals surface area contributed by atoms with Crippen LogP contribution in [0.2, 0.25) is 0 Å². The number of aryl methyl sites for hydroxylation is 1. The Hall–Kier alpha value is -3.22. The van der Waals surface area contributed by atoms with Crippen molar-refractivity contribution in [3.63, 3.8) is 0 Å². The van der Waals surface area contributed by atoms with E-state index in [2.05, 4.69) is 15.9 Å². The number of benzene rings is 3. The van der Waals surface area contributed by atoms with E-state index in [0.29, 0.717) is 11.4 Å². The Labute approximate surface area is 201 Å². The maximum atomic E-state index is 14.1. The second-order valence-corrected chi connectivity index (χ2v) is 10.8. The van der Waals surface area contributed by atoms with Gasteiger partial charge in [-0.2, -0.15) is 0 Å². The number of halogens is 1. The Kier molecular flexibility index (Phi) is 5.22. The van der Waals surface area contributed by atoms with Crippen molar-refractivity contribution in [3.05, 3.63) is 124 Å². The number of ketones is 1. The Bertz CT molecular complexity index is 1470. The third-order valence-electron chi connectivity index (χ3n) is 5.98. The molecule has 0 bridgehead atoms. The molecule has 0 fully saturated rings. The molecule has 0 amide bonds. The van der Waals surface area contributed by atoms with Crippen molar-refractivity contribution in [2.45, 2.75) is 17.2 Å². The summed E-state index contributed by atoms with van der Waals surface area (Å²) in [4.78, 5) is 13.6. The lowest BCUT2D eigenvalue weighted by Crippen LogP contribution is -2.44. The molecule has 6 heteroatoms. The number of hydrogen-bond donors (Lipinski definition) is 0. The van der Waals surface area contributed by atoms with E-state index in [1.54, 1.807) is 48.6 Å². The zero-order chi connectivity index (χ0) is 23.2. The van der Waals surface area contributed by atoms with Crippen LogP contribution in [0.4, 0.5) is 5.69 Å². The quantitative estimate of drug-likeness (QED) is 0.430. The molecule has 0 aliphatic heterocycles. The first-order valence-corrected chi connectivity index (χ1v) is 12.7. The molecular formula is C27H20BrNO3S. The van der Waals surface area contributed by atoms with Crippen molar-refractivity contribution < 1.29 is 13.2 Å². The number of nitrogens with zero attached hydrogens (tertiary/aromatic N) is 1. The summed E-state index contributed by atoms with van der Waals surface area (Å²) < 4.78 is 30.4. The number of carbonyl (C=O) groups excluding carboxylic acids is 1. The fourth-order valence-corrected chi connectivity index (χ4v) is 6.27. The van der Waals surface area contributed by atoms with Crippen LogP contribution in [0.1, 0.15) is 16.7 Å². The number of fused-ring (bicyclic) bond motifs is 2. The van der Waals surface area contributed by atoms with Gasteiger partial charge in [-0.1, -0.05) is 70.6 Å². The predicted molar refractivity (Wildman–Crippen MR) is 134 cm³/mol. The molecule has 4 nitrogen and oxygen atoms in total. The summed E-state index contributed by atoms with van der Waals surface area (Å²) in [6, 6.07) is 21.4. The zero-order valence-electron chi connectivity index (χ0n) is 17.8. The second kappa shape index (κ2) is 7.97. The molecule has 3 aromatic rings. The molecule has 3 aromatic carbocycles. The molecule has 2 aliphatic rings. The normalized spacial score (nSPS) is 19.0. The molecule has 0 N–H and O–H groups in total. The van der Waals surface area contributed by atoms with Crippen LogP contribution in [0.3, 0.4) is 0 Å². The molecule has 0 saturated carbocycles. The molecule has 5 rings (SSSR count). The monoisotopic (exact) mass is 517 g/mol. The minimum Gasteiger partial charge on any atom is -0.293 e. The van der Waals surface area contributed by atoms with Gasteiger partial charge < -0.3 is 0 Å². The Morgan fingerprint density at radius 2 is 1.67 bits per heavy atom. The van der Waals surface area contributed by atoms with Crippen LogP contribution in [-0.2, 0) is 20.2 Å². The third-order valence-corrected chi connectivity index (χ3v) is 8.27. The Morgan fingerprint density at radius 3 is 2.39 bits per heavy atom. The molecule has 0 heterocycles. The van der Waals surface area contributed by atoms with Crippen molar-refractivity contribution in [2.24, 2.45) is 0 Å². The minimum atomic E-state index is -4.05. The second-order valence-electron chi connectivity index (χ2n) is 8.07. The fourth-order valence-electron chi connectivity index (χ4n) is 4.46. The van der Waals surface area contributed by atoms with Gasteiger partial charge in [-0.15, -0.1) is 0 Å². The van der Waals surface area contributed by atoms with Crippen LogP contribution in [0.15, 0.2) is 112 Å². The van der Waals surface area contributed by atoms with Gasteiger partial charge in [-0.05, 0) is 72.2 Å². The van der Waals surface area contributed by atoms with Gasteiger partial charge in [0, 0.05) is 4.47 Å². The average Bonchev–Trinajstić information content (AvgIpc) is 3.10. The van der Waals surface area contributed by atoms with Gasteiger partial charge >= 0.3 is 0 Å². The Balaban J connectivity index is 1.81. The fraction of sp³-hybridized carbons (Fsp3) is 0.0741. The van der Waals surface area contributed by atoms with E-state index in [9.17, 15) is 13.2 Å². The van der Waals surface area contributed by atoms with E-state index in [0.717, 1.165) is 21.2 Å². The van der Waals surface area contributed by atoms with Crippen LogP contribution in [-0.4, -0.2) is 14.2 Å². The number of rotatable bonds is 4. The largest absolute Gasteiger partial charge is 0.293 e. The Morgan fingerprint density at radius 1 is 0.909 bits per heavy atom. The first kappa shape index (κ1) is 21.6. The molecular weight excluding hydrogens is 498 g/mol. The van der Waals surface area contributed by atoms with Crippen molar-refractivity contribution in [2.75, 3.05) is 4.31 Å². The maximum absolute atomic E-state index is 14.1. The van der Waals surface area contributed by atoms with Gasteiger partial charge in [0.15, 0.2) is 5.78 Å². The van der Waals surface area contributed by atoms with Crippen molar-refractivity contribution in [1.29, 1.82) is 0 Å². The summed E-state index contributed by atoms with van der Waals surface area (Å²) in [5.41, 5.74) is 2.16. The van der Waals surface area contributed by atoms with E-state index in [4.69, 9.17) is 0 Å². The van der Waals surface area contributed by atoms with Gasteiger partial charge in [0.1, 0.15) is 5.41 Å². The van der Waals surface area contributed by atoms with Crippen LogP contribution in [0.25, 0.3) is 6.08 Å². The maximum Gasteiger partial charge on any atom is 0.268 e. The van der Waals surface area contributed by atoms with E-state index >= 15 is 0 Å². The summed E-state index contributed by atoms with van der Waals surface area (Å²) >= 11 is 3.37. The molecule has 1 atom stereocenters. The van der Waals surface area contributed by atoms with Crippen molar-refractivity contribution in [1.82, 2.24) is 0 Å². The molecule has 0 radical (unpaired) electrons. The third kappa shape index (κ3) is 3.41. The first-order valence-electron chi connectivity index (χ1n) is 10.4. The lowest BCUT2D eigenvalue weighted by Gasteiger charge is -2.36. The molecule has 2 aliphatic carbocycles. The minimum absolute atomic E-state index is 0.141. The van der Waals surface area contributed by atoms with E-state index < -0.39 is 15.4 Å². The smallest absolute Gasteiger partial charge is 0.268 e. The van der Waals surface area contributed by atoms with Gasteiger partial charge in [0.05, 0.1) is 16.3 Å². The number of sulfonamides is 1. The number of allylic oxidation sites excluding steroid dienone is 4. The molecule has 0 unspecified atom stereocenters. The molecule has 0 saturated heterocycles. The van der Waals surface area contributed by atoms with Crippen LogP contribution in [0.5, 0.6) is 0 Å². The molecule has 164 valence electrons. The number of anilines is 1. The highest BCUT2D eigenvalue weighted by Crippen LogP contribution is 2.49. The SMILES string of the molecule is Cc1cccc(N(C2=Cc3ccccc3[C@]23C=CC=CC3=O)S(=O)(=O)c2ccc(Br)cc2)c1. The van der Waals surface area contributed by atoms with Gasteiger partial charge in [-0.3, -0.25) is 4.79 Å². The molecule has 33 heavy (non-hydrogen) atoms. The van der Waals surface area contributed by atoms with E-state index in [-0.39, 0.29) is 10.7 Å². The highest BCUT2D eigenvalue weighted by Gasteiger charge is 2.50. The van der Waals surface area contributed by atoms with Gasteiger partial charge in [0.2, 0.25) is 0 Å². The van der Waals surface area contributed by atoms with Crippen molar-refractivity contribution >= 4 is 43.5 Å². The number of hydrogen-bond acceptors (Lipinski definition) is 3.